The Bertz CT molecular complexity index is 780. The van der Waals surface area contributed by atoms with E-state index >= 15 is 0 Å². The third-order valence-corrected chi connectivity index (χ3v) is 5.05. The van der Waals surface area contributed by atoms with E-state index in [9.17, 15) is 5.11 Å². The number of nitrogen functional groups attached to an aromatic ring is 1. The first-order valence-electron chi connectivity index (χ1n) is 7.15. The summed E-state index contributed by atoms with van der Waals surface area (Å²) in [5.41, 5.74) is 6.60. The summed E-state index contributed by atoms with van der Waals surface area (Å²) < 4.78 is 1.64. The number of thiophene rings is 1. The van der Waals surface area contributed by atoms with Gasteiger partial charge < -0.3 is 16.2 Å². The van der Waals surface area contributed by atoms with E-state index in [4.69, 9.17) is 5.73 Å². The van der Waals surface area contributed by atoms with Crippen molar-refractivity contribution in [2.45, 2.75) is 25.0 Å². The van der Waals surface area contributed by atoms with Crippen LogP contribution in [0.25, 0.3) is 5.65 Å². The molecule has 3 aromatic heterocycles. The number of nitrogens with zero attached hydrogens (tertiary/aromatic N) is 4. The van der Waals surface area contributed by atoms with Gasteiger partial charge in [-0.3, -0.25) is 4.40 Å². The van der Waals surface area contributed by atoms with E-state index in [1.165, 1.54) is 4.88 Å². The largest absolute Gasteiger partial charge is 0.393 e. The lowest BCUT2D eigenvalue weighted by atomic mass is 9.77. The second kappa shape index (κ2) is 5.22. The zero-order chi connectivity index (χ0) is 15.1. The van der Waals surface area contributed by atoms with Crippen LogP contribution < -0.4 is 11.1 Å². The van der Waals surface area contributed by atoms with Crippen molar-refractivity contribution in [1.29, 1.82) is 0 Å². The van der Waals surface area contributed by atoms with Crippen molar-refractivity contribution < 1.29 is 5.11 Å². The molecular weight excluding hydrogens is 300 g/mol. The van der Waals surface area contributed by atoms with Crippen LogP contribution in [0.4, 0.5) is 11.8 Å². The Morgan fingerprint density at radius 3 is 3.05 bits per heavy atom. The third-order valence-electron chi connectivity index (χ3n) is 4.10. The number of aliphatic hydroxyl groups is 1. The Balaban J connectivity index is 1.65. The molecule has 0 saturated heterocycles. The molecular formula is C14H16N6OS. The van der Waals surface area contributed by atoms with Gasteiger partial charge in [-0.15, -0.1) is 21.5 Å². The van der Waals surface area contributed by atoms with Crippen molar-refractivity contribution in [2.75, 3.05) is 11.1 Å². The van der Waals surface area contributed by atoms with Gasteiger partial charge in [-0.2, -0.15) is 4.98 Å². The van der Waals surface area contributed by atoms with Crippen LogP contribution in [0.5, 0.6) is 0 Å². The fourth-order valence-corrected chi connectivity index (χ4v) is 3.74. The number of nitrogens with one attached hydrogen (secondary N) is 1. The van der Waals surface area contributed by atoms with Crippen molar-refractivity contribution in [3.8, 4) is 0 Å². The van der Waals surface area contributed by atoms with Gasteiger partial charge in [-0.25, -0.2) is 0 Å². The number of hydrogen-bond donors (Lipinski definition) is 3. The molecule has 0 amide bonds. The highest BCUT2D eigenvalue weighted by Gasteiger charge is 2.35. The molecule has 0 spiro atoms. The summed E-state index contributed by atoms with van der Waals surface area (Å²) in [4.78, 5) is 5.61. The molecule has 4 rings (SSSR count). The summed E-state index contributed by atoms with van der Waals surface area (Å²) in [6.07, 6.45) is 2.96. The number of nitrogens with two attached hydrogens (primary N) is 1. The molecule has 0 unspecified atom stereocenters. The Morgan fingerprint density at radius 2 is 2.32 bits per heavy atom. The summed E-state index contributed by atoms with van der Waals surface area (Å²) >= 11 is 1.70. The maximum atomic E-state index is 9.61. The molecule has 0 bridgehead atoms. The van der Waals surface area contributed by atoms with E-state index in [1.54, 1.807) is 22.1 Å². The molecule has 4 N–H and O–H groups in total. The van der Waals surface area contributed by atoms with Crippen LogP contribution in [0.2, 0.25) is 0 Å². The van der Waals surface area contributed by atoms with E-state index in [0.29, 0.717) is 23.3 Å². The summed E-state index contributed by atoms with van der Waals surface area (Å²) in [5, 5.41) is 23.0. The van der Waals surface area contributed by atoms with Crippen molar-refractivity contribution >= 4 is 28.8 Å². The van der Waals surface area contributed by atoms with Gasteiger partial charge >= 0.3 is 0 Å². The van der Waals surface area contributed by atoms with Crippen LogP contribution in [0.15, 0.2) is 29.9 Å². The second-order valence-corrected chi connectivity index (χ2v) is 6.56. The highest BCUT2D eigenvalue weighted by atomic mass is 32.1. The zero-order valence-electron chi connectivity index (χ0n) is 11.8. The molecule has 114 valence electrons. The molecule has 1 fully saturated rings. The van der Waals surface area contributed by atoms with Crippen molar-refractivity contribution in [2.24, 2.45) is 5.92 Å². The van der Waals surface area contributed by atoms with Crippen LogP contribution in [0, 0.1) is 5.92 Å². The number of fused-ring (bicyclic) bond motifs is 1. The molecule has 8 heteroatoms. The first kappa shape index (κ1) is 13.5. The molecule has 7 nitrogen and oxygen atoms in total. The predicted octanol–water partition coefficient (Wildman–Crippen LogP) is 1.69. The van der Waals surface area contributed by atoms with Crippen LogP contribution in [-0.2, 0) is 0 Å². The van der Waals surface area contributed by atoms with E-state index in [2.05, 4.69) is 31.9 Å². The topological polar surface area (TPSA) is 101 Å². The van der Waals surface area contributed by atoms with Gasteiger partial charge in [0.1, 0.15) is 12.1 Å². The molecule has 3 heterocycles. The van der Waals surface area contributed by atoms with Crippen LogP contribution in [-0.4, -0.2) is 30.8 Å². The minimum atomic E-state index is -0.189. The van der Waals surface area contributed by atoms with E-state index in [1.807, 2.05) is 12.1 Å². The lowest BCUT2D eigenvalue weighted by Gasteiger charge is -2.37. The average molecular weight is 316 g/mol. The summed E-state index contributed by atoms with van der Waals surface area (Å²) in [6.45, 7) is 0. The molecule has 1 saturated carbocycles. The Hall–Kier alpha value is -2.19. The van der Waals surface area contributed by atoms with Crippen LogP contribution >= 0.6 is 11.3 Å². The Kier molecular flexibility index (Phi) is 3.20. The minimum Gasteiger partial charge on any atom is -0.393 e. The fraction of sp³-hybridized carbons (Fsp3) is 0.357. The van der Waals surface area contributed by atoms with Gasteiger partial charge in [0.2, 0.25) is 5.95 Å². The highest BCUT2D eigenvalue weighted by molar-refractivity contribution is 7.10. The van der Waals surface area contributed by atoms with Crippen LogP contribution in [0.1, 0.15) is 23.8 Å². The number of aliphatic hydroxyl groups excluding tert-OH is 1. The first-order chi connectivity index (χ1) is 10.7. The van der Waals surface area contributed by atoms with Crippen LogP contribution in [0.3, 0.4) is 0 Å². The molecule has 22 heavy (non-hydrogen) atoms. The average Bonchev–Trinajstić information content (AvgIpc) is 3.12. The summed E-state index contributed by atoms with van der Waals surface area (Å²) in [7, 11) is 0. The van der Waals surface area contributed by atoms with Gasteiger partial charge in [0.25, 0.3) is 0 Å². The fourth-order valence-electron chi connectivity index (χ4n) is 2.88. The monoisotopic (exact) mass is 316 g/mol. The Labute approximate surface area is 130 Å². The normalized spacial score (nSPS) is 22.4. The highest BCUT2D eigenvalue weighted by Crippen LogP contribution is 2.41. The molecule has 1 atom stereocenters. The smallest absolute Gasteiger partial charge is 0.209 e. The lowest BCUT2D eigenvalue weighted by Crippen LogP contribution is -2.35. The lowest BCUT2D eigenvalue weighted by molar-refractivity contribution is 0.0344. The van der Waals surface area contributed by atoms with Gasteiger partial charge in [-0.1, -0.05) is 6.07 Å². The van der Waals surface area contributed by atoms with Gasteiger partial charge in [0.15, 0.2) is 5.65 Å². The van der Waals surface area contributed by atoms with Gasteiger partial charge in [0, 0.05) is 10.9 Å². The van der Waals surface area contributed by atoms with E-state index in [-0.39, 0.29) is 12.1 Å². The maximum Gasteiger partial charge on any atom is 0.209 e. The maximum absolute atomic E-state index is 9.61. The first-order valence-corrected chi connectivity index (χ1v) is 8.03. The molecule has 3 aromatic rings. The Morgan fingerprint density at radius 1 is 1.45 bits per heavy atom. The number of hydrogen-bond acceptors (Lipinski definition) is 7. The third kappa shape index (κ3) is 2.30. The van der Waals surface area contributed by atoms with E-state index < -0.39 is 0 Å². The number of rotatable bonds is 4. The van der Waals surface area contributed by atoms with Gasteiger partial charge in [-0.05, 0) is 30.2 Å². The SMILES string of the molecule is Nc1nc(N[C@@H](c2cccs2)C2CC(O)C2)cc2nncn12. The van der Waals surface area contributed by atoms with Crippen molar-refractivity contribution in [1.82, 2.24) is 19.6 Å². The minimum absolute atomic E-state index is 0.126. The molecule has 0 aliphatic heterocycles. The second-order valence-electron chi connectivity index (χ2n) is 5.58. The number of anilines is 2. The number of aromatic nitrogens is 4. The molecule has 1 aliphatic rings. The van der Waals surface area contributed by atoms with Crippen molar-refractivity contribution in [3.05, 3.63) is 34.8 Å². The predicted molar refractivity (Wildman–Crippen MR) is 84.6 cm³/mol. The summed E-state index contributed by atoms with van der Waals surface area (Å²) in [5.74, 6) is 1.42. The van der Waals surface area contributed by atoms with Gasteiger partial charge in [0.05, 0.1) is 12.1 Å². The molecule has 0 aromatic carbocycles. The zero-order valence-corrected chi connectivity index (χ0v) is 12.6. The summed E-state index contributed by atoms with van der Waals surface area (Å²) in [6, 6.07) is 6.10. The molecule has 0 radical (unpaired) electrons. The quantitative estimate of drug-likeness (QED) is 0.677. The standard InChI is InChI=1S/C14H16N6OS/c15-14-18-11(6-12-19-16-7-20(12)14)17-13(8-4-9(21)5-8)10-2-1-3-22-10/h1-3,6-9,13,17,21H,4-5H2,(H2,15,18)/t8?,9?,13-/m1/s1. The molecule has 1 aliphatic carbocycles. The van der Waals surface area contributed by atoms with E-state index in [0.717, 1.165) is 12.8 Å². The van der Waals surface area contributed by atoms with Crippen molar-refractivity contribution in [3.63, 3.8) is 0 Å².